The van der Waals surface area contributed by atoms with Crippen molar-refractivity contribution in [2.45, 2.75) is 13.0 Å². The van der Waals surface area contributed by atoms with Gasteiger partial charge in [0.2, 0.25) is 0 Å². The minimum Gasteiger partial charge on any atom is -0.505 e. The number of hydrogen-bond donors (Lipinski definition) is 2. The molecule has 1 aromatic heterocycles. The highest BCUT2D eigenvalue weighted by Crippen LogP contribution is 2.37. The molecule has 0 bridgehead atoms. The van der Waals surface area contributed by atoms with Crippen LogP contribution in [0, 0.1) is 6.92 Å². The highest BCUT2D eigenvalue weighted by Gasteiger charge is 2.20. The Bertz CT molecular complexity index is 1130. The summed E-state index contributed by atoms with van der Waals surface area (Å²) in [5.74, 6) is 0.163. The molecule has 3 aromatic carbocycles. The van der Waals surface area contributed by atoms with E-state index in [4.69, 9.17) is 23.2 Å². The third-order valence-corrected chi connectivity index (χ3v) is 5.06. The number of aromatic hydroxyl groups is 1. The van der Waals surface area contributed by atoms with Crippen molar-refractivity contribution in [3.63, 3.8) is 0 Å². The van der Waals surface area contributed by atoms with Gasteiger partial charge in [0.1, 0.15) is 11.3 Å². The first-order chi connectivity index (χ1) is 13.5. The molecule has 0 saturated carbocycles. The van der Waals surface area contributed by atoms with Gasteiger partial charge in [-0.3, -0.25) is 0 Å². The van der Waals surface area contributed by atoms with E-state index in [9.17, 15) is 5.11 Å². The average Bonchev–Trinajstić information content (AvgIpc) is 2.67. The number of halogens is 2. The molecule has 5 heteroatoms. The fourth-order valence-electron chi connectivity index (χ4n) is 3.31. The fraction of sp³-hybridized carbons (Fsp3) is 0.0870. The summed E-state index contributed by atoms with van der Waals surface area (Å²) in [4.78, 5) is 4.53. The molecule has 0 spiro atoms. The van der Waals surface area contributed by atoms with E-state index in [1.807, 2.05) is 73.7 Å². The van der Waals surface area contributed by atoms with Gasteiger partial charge in [-0.05, 0) is 36.8 Å². The zero-order valence-corrected chi connectivity index (χ0v) is 16.7. The highest BCUT2D eigenvalue weighted by atomic mass is 35.5. The van der Waals surface area contributed by atoms with Crippen LogP contribution in [0.3, 0.4) is 0 Å². The Kier molecular flexibility index (Phi) is 5.12. The normalized spacial score (nSPS) is 12.1. The van der Waals surface area contributed by atoms with Crippen molar-refractivity contribution in [2.75, 3.05) is 5.32 Å². The zero-order chi connectivity index (χ0) is 19.7. The number of pyridine rings is 1. The lowest BCUT2D eigenvalue weighted by Crippen LogP contribution is -2.13. The number of fused-ring (bicyclic) bond motifs is 1. The van der Waals surface area contributed by atoms with Crippen molar-refractivity contribution in [3.8, 4) is 5.75 Å². The summed E-state index contributed by atoms with van der Waals surface area (Å²) >= 11 is 12.3. The number of aromatic nitrogens is 1. The van der Waals surface area contributed by atoms with Crippen LogP contribution in [-0.4, -0.2) is 10.1 Å². The van der Waals surface area contributed by atoms with Gasteiger partial charge in [0, 0.05) is 32.4 Å². The number of nitrogens with one attached hydrogen (secondary N) is 1. The van der Waals surface area contributed by atoms with Crippen molar-refractivity contribution in [1.29, 1.82) is 0 Å². The summed E-state index contributed by atoms with van der Waals surface area (Å²) < 4.78 is 0. The van der Waals surface area contributed by atoms with Crippen molar-refractivity contribution >= 4 is 39.8 Å². The average molecular weight is 409 g/mol. The molecule has 4 aromatic rings. The van der Waals surface area contributed by atoms with Gasteiger partial charge >= 0.3 is 0 Å². The maximum atomic E-state index is 11.0. The van der Waals surface area contributed by atoms with Gasteiger partial charge < -0.3 is 10.4 Å². The van der Waals surface area contributed by atoms with Crippen molar-refractivity contribution < 1.29 is 5.11 Å². The Morgan fingerprint density at radius 3 is 2.29 bits per heavy atom. The first kappa shape index (κ1) is 18.6. The van der Waals surface area contributed by atoms with E-state index in [2.05, 4.69) is 10.3 Å². The summed E-state index contributed by atoms with van der Waals surface area (Å²) in [6.45, 7) is 1.91. The van der Waals surface area contributed by atoms with Gasteiger partial charge in [-0.2, -0.15) is 0 Å². The van der Waals surface area contributed by atoms with E-state index in [0.29, 0.717) is 15.6 Å². The predicted octanol–water partition coefficient (Wildman–Crippen LogP) is 6.76. The second-order valence-corrected chi connectivity index (χ2v) is 7.55. The van der Waals surface area contributed by atoms with Crippen LogP contribution >= 0.6 is 23.2 Å². The van der Waals surface area contributed by atoms with Gasteiger partial charge in [0.25, 0.3) is 0 Å². The smallest absolute Gasteiger partial charge is 0.147 e. The zero-order valence-electron chi connectivity index (χ0n) is 15.2. The number of phenols is 1. The third kappa shape index (κ3) is 3.77. The Labute approximate surface area is 173 Å². The lowest BCUT2D eigenvalue weighted by atomic mass is 9.96. The van der Waals surface area contributed by atoms with E-state index in [0.717, 1.165) is 27.9 Å². The van der Waals surface area contributed by atoms with E-state index < -0.39 is 0 Å². The van der Waals surface area contributed by atoms with Crippen LogP contribution in [0.25, 0.3) is 10.9 Å². The summed E-state index contributed by atoms with van der Waals surface area (Å²) in [5, 5.41) is 16.5. The van der Waals surface area contributed by atoms with E-state index >= 15 is 0 Å². The van der Waals surface area contributed by atoms with Gasteiger partial charge in [-0.25, -0.2) is 4.98 Å². The first-order valence-corrected chi connectivity index (χ1v) is 9.63. The molecule has 0 radical (unpaired) electrons. The van der Waals surface area contributed by atoms with Gasteiger partial charge in [0.15, 0.2) is 0 Å². The summed E-state index contributed by atoms with van der Waals surface area (Å²) in [7, 11) is 0. The molecule has 28 heavy (non-hydrogen) atoms. The number of phenolic OH excluding ortho intramolecular Hbond substituents is 1. The number of rotatable bonds is 4. The van der Waals surface area contributed by atoms with E-state index in [1.165, 1.54) is 0 Å². The predicted molar refractivity (Wildman–Crippen MR) is 117 cm³/mol. The number of nitrogens with zero attached hydrogens (tertiary/aromatic N) is 1. The maximum Gasteiger partial charge on any atom is 0.147 e. The Morgan fingerprint density at radius 2 is 1.57 bits per heavy atom. The monoisotopic (exact) mass is 408 g/mol. The van der Waals surface area contributed by atoms with Crippen LogP contribution in [0.4, 0.5) is 5.69 Å². The number of anilines is 1. The largest absolute Gasteiger partial charge is 0.505 e. The number of aryl methyl sites for hydroxylation is 1. The molecule has 1 atom stereocenters. The number of hydrogen-bond acceptors (Lipinski definition) is 3. The highest BCUT2D eigenvalue weighted by molar-refractivity contribution is 6.35. The molecule has 140 valence electrons. The molecule has 0 saturated heterocycles. The summed E-state index contributed by atoms with van der Waals surface area (Å²) in [6, 6.07) is 22.7. The van der Waals surface area contributed by atoms with Crippen molar-refractivity contribution in [3.05, 3.63) is 99.7 Å². The molecule has 0 fully saturated rings. The van der Waals surface area contributed by atoms with Crippen molar-refractivity contribution in [1.82, 2.24) is 4.98 Å². The molecule has 1 unspecified atom stereocenters. The quantitative estimate of drug-likeness (QED) is 0.392. The molecular weight excluding hydrogens is 391 g/mol. The maximum absolute atomic E-state index is 11.0. The molecule has 0 aliphatic heterocycles. The lowest BCUT2D eigenvalue weighted by Gasteiger charge is -2.23. The molecule has 3 nitrogen and oxygen atoms in total. The molecule has 4 rings (SSSR count). The Morgan fingerprint density at radius 1 is 0.893 bits per heavy atom. The van der Waals surface area contributed by atoms with E-state index in [1.54, 1.807) is 6.07 Å². The van der Waals surface area contributed by atoms with E-state index in [-0.39, 0.29) is 11.8 Å². The fourth-order valence-corrected chi connectivity index (χ4v) is 3.84. The molecule has 1 heterocycles. The van der Waals surface area contributed by atoms with Crippen LogP contribution in [-0.2, 0) is 0 Å². The molecule has 2 N–H and O–H groups in total. The van der Waals surface area contributed by atoms with Crippen molar-refractivity contribution in [2.24, 2.45) is 0 Å². The summed E-state index contributed by atoms with van der Waals surface area (Å²) in [6.07, 6.45) is 0. The molecule has 0 aliphatic rings. The minimum atomic E-state index is -0.303. The lowest BCUT2D eigenvalue weighted by molar-refractivity contribution is 0.471. The Balaban J connectivity index is 1.86. The SMILES string of the molecule is Cc1ccc2ccc(C(Nc3cc(Cl)cc(Cl)c3)c3ccccc3)c(O)c2n1. The van der Waals surface area contributed by atoms with Crippen LogP contribution in [0.2, 0.25) is 10.0 Å². The second kappa shape index (κ2) is 7.70. The molecule has 0 amide bonds. The minimum absolute atomic E-state index is 0.163. The van der Waals surface area contributed by atoms with Gasteiger partial charge in [0.05, 0.1) is 6.04 Å². The Hall–Kier alpha value is -2.75. The van der Waals surface area contributed by atoms with Crippen LogP contribution < -0.4 is 5.32 Å². The standard InChI is InChI=1S/C23H18Cl2N2O/c1-14-7-8-16-9-10-20(23(28)22(16)26-14)21(15-5-3-2-4-6-15)27-19-12-17(24)11-18(25)13-19/h2-13,21,27-28H,1H3. The number of benzene rings is 3. The van der Waals surface area contributed by atoms with Crippen LogP contribution in [0.1, 0.15) is 22.9 Å². The van der Waals surface area contributed by atoms with Gasteiger partial charge in [-0.1, -0.05) is 71.7 Å². The second-order valence-electron chi connectivity index (χ2n) is 6.67. The first-order valence-electron chi connectivity index (χ1n) is 8.88. The van der Waals surface area contributed by atoms with Crippen LogP contribution in [0.5, 0.6) is 5.75 Å². The van der Waals surface area contributed by atoms with Gasteiger partial charge in [-0.15, -0.1) is 0 Å². The van der Waals surface area contributed by atoms with Crippen LogP contribution in [0.15, 0.2) is 72.8 Å². The molecular formula is C23H18Cl2N2O. The summed E-state index contributed by atoms with van der Waals surface area (Å²) in [5.41, 5.74) is 3.94. The third-order valence-electron chi connectivity index (χ3n) is 4.62. The topological polar surface area (TPSA) is 45.1 Å². The molecule has 0 aliphatic carbocycles.